The number of ether oxygens (including phenoxy) is 1. The van der Waals surface area contributed by atoms with Crippen LogP contribution in [0.15, 0.2) is 24.5 Å². The Balaban J connectivity index is 1.81. The van der Waals surface area contributed by atoms with Gasteiger partial charge in [0.05, 0.1) is 5.92 Å². The van der Waals surface area contributed by atoms with Crippen LogP contribution in [-0.4, -0.2) is 38.3 Å². The van der Waals surface area contributed by atoms with Crippen LogP contribution in [0.2, 0.25) is 0 Å². The molecule has 2 aromatic heterocycles. The highest BCUT2D eigenvalue weighted by molar-refractivity contribution is 5.98. The monoisotopic (exact) mass is 428 g/mol. The fraction of sp³-hybridized carbons (Fsp3) is 0.476. The lowest BCUT2D eigenvalue weighted by molar-refractivity contribution is -0.161. The molecular weight excluding hydrogens is 403 g/mol. The maximum Gasteiger partial charge on any atom is 0.309 e. The van der Waals surface area contributed by atoms with Crippen molar-refractivity contribution < 1.29 is 18.7 Å². The molecule has 3 N–H and O–H groups in total. The summed E-state index contributed by atoms with van der Waals surface area (Å²) >= 11 is 0. The van der Waals surface area contributed by atoms with Gasteiger partial charge in [0.15, 0.2) is 5.82 Å². The van der Waals surface area contributed by atoms with Crippen LogP contribution >= 0.6 is 0 Å². The predicted octanol–water partition coefficient (Wildman–Crippen LogP) is 3.23. The molecule has 0 saturated heterocycles. The number of carbonyl (C=O) groups is 2. The average molecular weight is 428 g/mol. The van der Waals surface area contributed by atoms with Gasteiger partial charge in [-0.15, -0.1) is 0 Å². The van der Waals surface area contributed by atoms with Crippen LogP contribution in [0.1, 0.15) is 56.4 Å². The van der Waals surface area contributed by atoms with E-state index < -0.39 is 23.5 Å². The summed E-state index contributed by atoms with van der Waals surface area (Å²) in [5, 5.41) is 7.29. The molecule has 0 radical (unpaired) electrons. The zero-order valence-corrected chi connectivity index (χ0v) is 17.6. The molecule has 2 heterocycles. The zero-order valence-electron chi connectivity index (χ0n) is 17.6. The van der Waals surface area contributed by atoms with Crippen LogP contribution in [0.3, 0.4) is 0 Å². The van der Waals surface area contributed by atoms with Crippen molar-refractivity contribution in [2.75, 3.05) is 5.32 Å². The normalized spacial score (nSPS) is 21.2. The third-order valence-electron chi connectivity index (χ3n) is 5.01. The molecule has 2 aromatic rings. The summed E-state index contributed by atoms with van der Waals surface area (Å²) in [7, 11) is 0. The molecule has 1 aliphatic carbocycles. The molecule has 0 aliphatic heterocycles. The van der Waals surface area contributed by atoms with Gasteiger partial charge in [0.1, 0.15) is 17.2 Å². The summed E-state index contributed by atoms with van der Waals surface area (Å²) in [5.41, 5.74) is 5.38. The lowest BCUT2D eigenvalue weighted by atomic mass is 9.82. The van der Waals surface area contributed by atoms with Crippen molar-refractivity contribution in [2.24, 2.45) is 11.7 Å². The van der Waals surface area contributed by atoms with Crippen molar-refractivity contribution in [3.8, 4) is 0 Å². The summed E-state index contributed by atoms with van der Waals surface area (Å²) in [5.74, 6) is -1.89. The largest absolute Gasteiger partial charge is 0.460 e. The lowest BCUT2D eigenvalue weighted by Crippen LogP contribution is -2.36. The number of pyridine rings is 1. The van der Waals surface area contributed by atoms with Gasteiger partial charge < -0.3 is 20.6 Å². The van der Waals surface area contributed by atoms with Crippen LogP contribution in [-0.2, 0) is 9.53 Å². The second kappa shape index (κ2) is 8.71. The van der Waals surface area contributed by atoms with Gasteiger partial charge in [-0.25, -0.2) is 11.6 Å². The second-order valence-electron chi connectivity index (χ2n) is 8.54. The van der Waals surface area contributed by atoms with Crippen molar-refractivity contribution in [1.82, 2.24) is 14.8 Å². The number of nitrogens with zero attached hydrogens (tertiary/aromatic N) is 4. The van der Waals surface area contributed by atoms with E-state index in [0.717, 1.165) is 6.07 Å². The zero-order chi connectivity index (χ0) is 22.8. The Hall–Kier alpha value is -3.48. The van der Waals surface area contributed by atoms with Gasteiger partial charge in [-0.1, -0.05) is 0 Å². The van der Waals surface area contributed by atoms with Crippen LogP contribution in [0.4, 0.5) is 15.9 Å². The molecule has 31 heavy (non-hydrogen) atoms. The number of nitrogens with two attached hydrogens (primary N) is 1. The first-order chi connectivity index (χ1) is 14.6. The number of amides is 1. The van der Waals surface area contributed by atoms with Gasteiger partial charge in [0.25, 0.3) is 5.91 Å². The predicted molar refractivity (Wildman–Crippen MR) is 111 cm³/mol. The molecule has 1 fully saturated rings. The van der Waals surface area contributed by atoms with Gasteiger partial charge >= 0.3 is 5.97 Å². The van der Waals surface area contributed by atoms with E-state index in [2.05, 4.69) is 20.2 Å². The van der Waals surface area contributed by atoms with Gasteiger partial charge in [-0.2, -0.15) is 9.49 Å². The summed E-state index contributed by atoms with van der Waals surface area (Å²) in [6.07, 6.45) is 4.16. The SMILES string of the molecule is [C-]#[N+][C@H]1C[C@@H](C(=O)OC(C)(C)C)CC[C@@H]1n1cc(C(N)=O)c(Nc2ccnc(F)c2)n1. The van der Waals surface area contributed by atoms with Gasteiger partial charge in [-0.05, 0) is 39.7 Å². The molecule has 164 valence electrons. The Morgan fingerprint density at radius 2 is 2.13 bits per heavy atom. The number of rotatable bonds is 5. The van der Waals surface area contributed by atoms with Crippen molar-refractivity contribution in [3.05, 3.63) is 47.5 Å². The highest BCUT2D eigenvalue weighted by Gasteiger charge is 2.41. The van der Waals surface area contributed by atoms with Crippen LogP contribution in [0, 0.1) is 18.4 Å². The van der Waals surface area contributed by atoms with Crippen molar-refractivity contribution in [3.63, 3.8) is 0 Å². The van der Waals surface area contributed by atoms with E-state index in [1.54, 1.807) is 20.8 Å². The first-order valence-corrected chi connectivity index (χ1v) is 9.94. The second-order valence-corrected chi connectivity index (χ2v) is 8.54. The fourth-order valence-electron chi connectivity index (χ4n) is 3.63. The fourth-order valence-corrected chi connectivity index (χ4v) is 3.63. The molecule has 10 heteroatoms. The number of halogens is 1. The van der Waals surface area contributed by atoms with Crippen molar-refractivity contribution >= 4 is 23.4 Å². The average Bonchev–Trinajstić information content (AvgIpc) is 3.10. The molecule has 1 amide bonds. The number of primary amides is 1. The number of carbonyl (C=O) groups excluding carboxylic acids is 2. The molecule has 9 nitrogen and oxygen atoms in total. The minimum atomic E-state index is -0.704. The molecule has 1 saturated carbocycles. The van der Waals surface area contributed by atoms with Crippen molar-refractivity contribution in [1.29, 1.82) is 0 Å². The quantitative estimate of drug-likeness (QED) is 0.429. The van der Waals surface area contributed by atoms with E-state index in [1.807, 2.05) is 0 Å². The van der Waals surface area contributed by atoms with E-state index in [0.29, 0.717) is 24.9 Å². The number of hydrogen-bond donors (Lipinski definition) is 2. The van der Waals surface area contributed by atoms with Crippen LogP contribution in [0.25, 0.3) is 4.85 Å². The number of esters is 1. The van der Waals surface area contributed by atoms with Gasteiger partial charge in [-0.3, -0.25) is 14.3 Å². The first kappa shape index (κ1) is 22.2. The lowest BCUT2D eigenvalue weighted by Gasteiger charge is -2.30. The molecular formula is C21H25FN6O3. The number of anilines is 2. The third-order valence-corrected chi connectivity index (χ3v) is 5.01. The Kier molecular flexibility index (Phi) is 6.24. The number of nitrogens with one attached hydrogen (secondary N) is 1. The summed E-state index contributed by atoms with van der Waals surface area (Å²) < 4.78 is 20.4. The number of aromatic nitrogens is 3. The highest BCUT2D eigenvalue weighted by Crippen LogP contribution is 2.36. The summed E-state index contributed by atoms with van der Waals surface area (Å²) in [4.78, 5) is 31.6. The Labute approximate surface area is 179 Å². The van der Waals surface area contributed by atoms with Crippen LogP contribution in [0.5, 0.6) is 0 Å². The maximum absolute atomic E-state index is 13.4. The molecule has 0 bridgehead atoms. The van der Waals surface area contributed by atoms with E-state index in [9.17, 15) is 14.0 Å². The molecule has 0 aromatic carbocycles. The Morgan fingerprint density at radius 3 is 2.74 bits per heavy atom. The molecule has 3 rings (SSSR count). The van der Waals surface area contributed by atoms with Gasteiger partial charge in [0, 0.05) is 30.6 Å². The maximum atomic E-state index is 13.4. The van der Waals surface area contributed by atoms with E-state index in [-0.39, 0.29) is 29.3 Å². The van der Waals surface area contributed by atoms with Crippen LogP contribution < -0.4 is 11.1 Å². The minimum Gasteiger partial charge on any atom is -0.460 e. The molecule has 3 atom stereocenters. The highest BCUT2D eigenvalue weighted by atomic mass is 19.1. The minimum absolute atomic E-state index is 0.121. The van der Waals surface area contributed by atoms with E-state index in [4.69, 9.17) is 17.0 Å². The first-order valence-electron chi connectivity index (χ1n) is 9.94. The summed E-state index contributed by atoms with van der Waals surface area (Å²) in [6.45, 7) is 13.0. The Bertz CT molecular complexity index is 1020. The van der Waals surface area contributed by atoms with E-state index >= 15 is 0 Å². The standard InChI is InChI=1S/C21H25FN6O3/c1-21(2,3)31-20(30)12-5-6-16(15(9-12)24-4)28-11-14(18(23)29)19(27-28)26-13-7-8-25-17(22)10-13/h7-8,10-12,15-16H,5-6,9H2,1-3H3,(H2,23,29)(H,25,26,27)/t12-,15-,16-/m0/s1. The smallest absolute Gasteiger partial charge is 0.309 e. The summed E-state index contributed by atoms with van der Waals surface area (Å²) in [6, 6.07) is 1.84. The number of hydrogen-bond acceptors (Lipinski definition) is 6. The third kappa shape index (κ3) is 5.36. The van der Waals surface area contributed by atoms with Crippen molar-refractivity contribution in [2.45, 2.75) is 57.7 Å². The molecule has 1 aliphatic rings. The Morgan fingerprint density at radius 1 is 1.39 bits per heavy atom. The molecule has 0 unspecified atom stereocenters. The molecule has 0 spiro atoms. The van der Waals surface area contributed by atoms with Gasteiger partial charge in [0.2, 0.25) is 12.0 Å². The van der Waals surface area contributed by atoms with E-state index in [1.165, 1.54) is 23.1 Å². The topological polar surface area (TPSA) is 116 Å².